The van der Waals surface area contributed by atoms with Gasteiger partial charge in [0.1, 0.15) is 6.61 Å². The molecule has 1 unspecified atom stereocenters. The van der Waals surface area contributed by atoms with Crippen LogP contribution in [-0.4, -0.2) is 23.7 Å². The highest BCUT2D eigenvalue weighted by atomic mass is 35.5. The number of rotatable bonds is 4. The number of carbonyl (C=O) groups is 2. The van der Waals surface area contributed by atoms with E-state index < -0.39 is 17.1 Å². The number of fused-ring (bicyclic) bond motifs is 3. The molecule has 1 aliphatic carbocycles. The fraction of sp³-hybridized carbons (Fsp3) is 0.222. The molecular formula is C18H15ClO3. The molecule has 0 fully saturated rings. The van der Waals surface area contributed by atoms with Crippen LogP contribution in [0.4, 0.5) is 0 Å². The van der Waals surface area contributed by atoms with Crippen molar-refractivity contribution >= 4 is 23.4 Å². The molecule has 0 spiro atoms. The van der Waals surface area contributed by atoms with Crippen molar-refractivity contribution in [3.8, 4) is 11.1 Å². The Morgan fingerprint density at radius 1 is 1.05 bits per heavy atom. The molecule has 0 amide bonds. The minimum atomic E-state index is -1.23. The van der Waals surface area contributed by atoms with Crippen molar-refractivity contribution in [2.24, 2.45) is 0 Å². The lowest BCUT2D eigenvalue weighted by Crippen LogP contribution is -2.26. The number of benzene rings is 2. The van der Waals surface area contributed by atoms with E-state index in [2.05, 4.69) is 12.1 Å². The number of hydrogen-bond acceptors (Lipinski definition) is 3. The van der Waals surface area contributed by atoms with E-state index in [9.17, 15) is 9.59 Å². The number of Topliss-reactive ketones (excluding diaryl/α,β-unsaturated/α-hetero) is 1. The fourth-order valence-corrected chi connectivity index (χ4v) is 2.91. The van der Waals surface area contributed by atoms with Gasteiger partial charge in [-0.2, -0.15) is 0 Å². The highest BCUT2D eigenvalue weighted by molar-refractivity contribution is 6.40. The third kappa shape index (κ3) is 2.53. The summed E-state index contributed by atoms with van der Waals surface area (Å²) in [6, 6.07) is 16.1. The Bertz CT molecular complexity index is 693. The second kappa shape index (κ2) is 5.93. The Morgan fingerprint density at radius 3 is 2.05 bits per heavy atom. The standard InChI is InChI=1S/C18H15ClO3/c1-11(20)17(19)18(21)22-10-16-14-8-4-2-6-12(14)13-7-3-5-9-15(13)16/h2-9,16-17H,10H2,1H3. The molecule has 1 aliphatic rings. The summed E-state index contributed by atoms with van der Waals surface area (Å²) in [7, 11) is 0. The number of ether oxygens (including phenoxy) is 1. The van der Waals surface area contributed by atoms with E-state index >= 15 is 0 Å². The molecule has 3 rings (SSSR count). The minimum absolute atomic E-state index is 0.0211. The van der Waals surface area contributed by atoms with Gasteiger partial charge in [0.25, 0.3) is 0 Å². The van der Waals surface area contributed by atoms with Crippen LogP contribution >= 0.6 is 11.6 Å². The van der Waals surface area contributed by atoms with Crippen LogP contribution in [0, 0.1) is 0 Å². The average molecular weight is 315 g/mol. The summed E-state index contributed by atoms with van der Waals surface area (Å²) < 4.78 is 5.27. The topological polar surface area (TPSA) is 43.4 Å². The van der Waals surface area contributed by atoms with E-state index in [0.29, 0.717) is 0 Å². The van der Waals surface area contributed by atoms with Crippen molar-refractivity contribution < 1.29 is 14.3 Å². The number of esters is 1. The molecule has 2 aromatic carbocycles. The van der Waals surface area contributed by atoms with Gasteiger partial charge in [0, 0.05) is 5.92 Å². The Labute approximate surface area is 133 Å². The van der Waals surface area contributed by atoms with Gasteiger partial charge in [0.15, 0.2) is 11.2 Å². The fourth-order valence-electron chi connectivity index (χ4n) is 2.84. The zero-order valence-corrected chi connectivity index (χ0v) is 12.8. The second-order valence-corrected chi connectivity index (χ2v) is 5.77. The Balaban J connectivity index is 1.85. The van der Waals surface area contributed by atoms with E-state index in [-0.39, 0.29) is 12.5 Å². The molecule has 2 aromatic rings. The maximum Gasteiger partial charge on any atom is 0.331 e. The SMILES string of the molecule is CC(=O)C(Cl)C(=O)OCC1c2ccccc2-c2ccccc21. The average Bonchev–Trinajstić information content (AvgIpc) is 2.86. The van der Waals surface area contributed by atoms with Gasteiger partial charge in [-0.25, -0.2) is 4.79 Å². The summed E-state index contributed by atoms with van der Waals surface area (Å²) in [4.78, 5) is 22.9. The smallest absolute Gasteiger partial charge is 0.331 e. The monoisotopic (exact) mass is 314 g/mol. The van der Waals surface area contributed by atoms with Gasteiger partial charge >= 0.3 is 5.97 Å². The predicted molar refractivity (Wildman–Crippen MR) is 85.0 cm³/mol. The molecule has 0 bridgehead atoms. The van der Waals surface area contributed by atoms with Gasteiger partial charge in [-0.1, -0.05) is 48.5 Å². The van der Waals surface area contributed by atoms with Crippen molar-refractivity contribution in [2.45, 2.75) is 18.2 Å². The molecule has 3 nitrogen and oxygen atoms in total. The number of hydrogen-bond donors (Lipinski definition) is 0. The molecule has 0 heterocycles. The lowest BCUT2D eigenvalue weighted by molar-refractivity contribution is -0.145. The molecule has 0 radical (unpaired) electrons. The molecule has 0 saturated heterocycles. The maximum atomic E-state index is 11.8. The summed E-state index contributed by atoms with van der Waals surface area (Å²) in [5.74, 6) is -1.11. The molecule has 0 saturated carbocycles. The Morgan fingerprint density at radius 2 is 1.55 bits per heavy atom. The number of halogens is 1. The lowest BCUT2D eigenvalue weighted by atomic mass is 9.98. The van der Waals surface area contributed by atoms with E-state index in [4.69, 9.17) is 16.3 Å². The molecule has 112 valence electrons. The maximum absolute atomic E-state index is 11.8. The normalized spacial score (nSPS) is 14.1. The summed E-state index contributed by atoms with van der Waals surface area (Å²) in [6.45, 7) is 1.46. The predicted octanol–water partition coefficient (Wildman–Crippen LogP) is 3.54. The summed E-state index contributed by atoms with van der Waals surface area (Å²) >= 11 is 5.73. The third-order valence-electron chi connectivity index (χ3n) is 3.92. The largest absolute Gasteiger partial charge is 0.463 e. The quantitative estimate of drug-likeness (QED) is 0.492. The zero-order chi connectivity index (χ0) is 15.7. The lowest BCUT2D eigenvalue weighted by Gasteiger charge is -2.15. The van der Waals surface area contributed by atoms with Crippen molar-refractivity contribution in [2.75, 3.05) is 6.61 Å². The van der Waals surface area contributed by atoms with Gasteiger partial charge in [-0.05, 0) is 29.2 Å². The van der Waals surface area contributed by atoms with Crippen LogP contribution in [0.25, 0.3) is 11.1 Å². The highest BCUT2D eigenvalue weighted by Gasteiger charge is 2.30. The van der Waals surface area contributed by atoms with Crippen LogP contribution in [0.15, 0.2) is 48.5 Å². The van der Waals surface area contributed by atoms with E-state index in [1.54, 1.807) is 0 Å². The molecule has 22 heavy (non-hydrogen) atoms. The number of carbonyl (C=O) groups excluding carboxylic acids is 2. The van der Waals surface area contributed by atoms with Gasteiger partial charge < -0.3 is 4.74 Å². The van der Waals surface area contributed by atoms with Gasteiger partial charge in [-0.15, -0.1) is 11.6 Å². The summed E-state index contributed by atoms with van der Waals surface area (Å²) in [5, 5.41) is -1.23. The summed E-state index contributed by atoms with van der Waals surface area (Å²) in [6.07, 6.45) is 0. The minimum Gasteiger partial charge on any atom is -0.463 e. The molecule has 0 aromatic heterocycles. The van der Waals surface area contributed by atoms with Crippen LogP contribution in [0.3, 0.4) is 0 Å². The molecule has 4 heteroatoms. The van der Waals surface area contributed by atoms with Crippen LogP contribution in [-0.2, 0) is 14.3 Å². The van der Waals surface area contributed by atoms with Crippen LogP contribution in [0.2, 0.25) is 0 Å². The molecule has 0 aliphatic heterocycles. The van der Waals surface area contributed by atoms with Gasteiger partial charge in [0.05, 0.1) is 0 Å². The van der Waals surface area contributed by atoms with Crippen molar-refractivity contribution in [1.29, 1.82) is 0 Å². The van der Waals surface area contributed by atoms with E-state index in [1.807, 2.05) is 36.4 Å². The van der Waals surface area contributed by atoms with E-state index in [0.717, 1.165) is 22.3 Å². The molecule has 0 N–H and O–H groups in total. The third-order valence-corrected chi connectivity index (χ3v) is 4.40. The zero-order valence-electron chi connectivity index (χ0n) is 12.1. The van der Waals surface area contributed by atoms with Crippen LogP contribution in [0.1, 0.15) is 24.0 Å². The molecular weight excluding hydrogens is 300 g/mol. The first-order chi connectivity index (χ1) is 10.6. The van der Waals surface area contributed by atoms with Gasteiger partial charge in [0.2, 0.25) is 0 Å². The van der Waals surface area contributed by atoms with Crippen molar-refractivity contribution in [3.63, 3.8) is 0 Å². The van der Waals surface area contributed by atoms with E-state index in [1.165, 1.54) is 6.92 Å². The number of ketones is 1. The number of alkyl halides is 1. The Kier molecular flexibility index (Phi) is 3.99. The van der Waals surface area contributed by atoms with Crippen LogP contribution in [0.5, 0.6) is 0 Å². The summed E-state index contributed by atoms with van der Waals surface area (Å²) in [5.41, 5.74) is 4.58. The first-order valence-corrected chi connectivity index (χ1v) is 7.52. The Hall–Kier alpha value is -2.13. The van der Waals surface area contributed by atoms with Crippen LogP contribution < -0.4 is 0 Å². The van der Waals surface area contributed by atoms with Crippen molar-refractivity contribution in [3.05, 3.63) is 59.7 Å². The molecule has 1 atom stereocenters. The first kappa shape index (κ1) is 14.8. The second-order valence-electron chi connectivity index (χ2n) is 5.33. The van der Waals surface area contributed by atoms with Crippen molar-refractivity contribution in [1.82, 2.24) is 0 Å². The highest BCUT2D eigenvalue weighted by Crippen LogP contribution is 2.44. The first-order valence-electron chi connectivity index (χ1n) is 7.09. The van der Waals surface area contributed by atoms with Gasteiger partial charge in [-0.3, -0.25) is 4.79 Å².